The second-order valence-corrected chi connectivity index (χ2v) is 43.1. The van der Waals surface area contributed by atoms with Crippen molar-refractivity contribution in [1.82, 2.24) is 0 Å². The predicted molar refractivity (Wildman–Crippen MR) is 472 cm³/mol. The molecule has 8 saturated heterocycles. The number of aliphatic hydroxyl groups excluding tert-OH is 20. The molecule has 0 aromatic heterocycles. The van der Waals surface area contributed by atoms with Crippen molar-refractivity contribution in [2.24, 2.45) is 44.3 Å². The number of aliphatic hydroxyl groups is 20. The maximum Gasteiger partial charge on any atom is 0.322 e. The van der Waals surface area contributed by atoms with E-state index in [2.05, 4.69) is 49.4 Å². The number of esters is 1. The molecular weight excluding hydrogens is 1910 g/mol. The maximum atomic E-state index is 16.3. The summed E-state index contributed by atoms with van der Waals surface area (Å²) < 4.78 is 109. The van der Waals surface area contributed by atoms with Crippen molar-refractivity contribution >= 4 is 40.6 Å². The number of Topliss-reactive ketones (excluding diaryl/α,β-unsaturated/α-hetero) is 1. The summed E-state index contributed by atoms with van der Waals surface area (Å²) in [6, 6.07) is 10.0. The summed E-state index contributed by atoms with van der Waals surface area (Å²) in [5.74, 6) is -4.44. The monoisotopic (exact) mass is 2060 g/mol. The van der Waals surface area contributed by atoms with Gasteiger partial charge in [-0.1, -0.05) is 164 Å². The Hall–Kier alpha value is -3.72. The van der Waals surface area contributed by atoms with Crippen LogP contribution in [-0.4, -0.2) is 391 Å². The van der Waals surface area contributed by atoms with Gasteiger partial charge in [0.1, 0.15) is 146 Å². The minimum absolute atomic E-state index is 0.00167. The molecular formula is C94H145IO41. The van der Waals surface area contributed by atoms with Gasteiger partial charge in [-0.25, -0.2) is 0 Å². The predicted octanol–water partition coefficient (Wildman–Crippen LogP) is -0.324. The van der Waals surface area contributed by atoms with Crippen molar-refractivity contribution in [2.45, 2.75) is 428 Å². The number of ketones is 1. The Labute approximate surface area is 803 Å². The van der Waals surface area contributed by atoms with E-state index >= 15 is 4.79 Å². The van der Waals surface area contributed by atoms with Crippen LogP contribution in [0.25, 0.3) is 0 Å². The summed E-state index contributed by atoms with van der Waals surface area (Å²) in [6.45, 7) is 15.0. The molecule has 31 unspecified atom stereocenters. The second kappa shape index (κ2) is 44.7. The van der Waals surface area contributed by atoms with E-state index in [1.54, 1.807) is 6.92 Å². The molecule has 13 aliphatic rings. The lowest BCUT2D eigenvalue weighted by Gasteiger charge is -2.70. The lowest BCUT2D eigenvalue weighted by molar-refractivity contribution is -0.389. The van der Waals surface area contributed by atoms with Crippen LogP contribution in [0.3, 0.4) is 0 Å². The van der Waals surface area contributed by atoms with E-state index in [4.69, 9.17) is 85.3 Å². The fourth-order valence-corrected chi connectivity index (χ4v) is 25.0. The average Bonchev–Trinajstić information content (AvgIpc) is 1.08. The van der Waals surface area contributed by atoms with Crippen molar-refractivity contribution < 1.29 is 202 Å². The first kappa shape index (κ1) is 108. The number of carbonyl (C=O) groups is 3. The number of ether oxygens (including phenoxy) is 18. The number of fused-ring (bicyclic) bond motifs is 6. The minimum Gasteiger partial charge on any atom is -0.504 e. The molecule has 41 nitrogen and oxygen atoms in total. The number of benzene rings is 1. The van der Waals surface area contributed by atoms with Gasteiger partial charge in [0, 0.05) is 13.0 Å². The van der Waals surface area contributed by atoms with Gasteiger partial charge in [-0.05, 0) is 117 Å². The van der Waals surface area contributed by atoms with Gasteiger partial charge in [0.15, 0.2) is 74.2 Å². The number of alkyl halides is 1. The molecule has 4 aliphatic carbocycles. The number of unbranched alkanes of at least 4 members (excludes halogenated alkanes) is 9. The second-order valence-electron chi connectivity index (χ2n) is 41.8. The lowest BCUT2D eigenvalue weighted by atomic mass is 9.35. The summed E-state index contributed by atoms with van der Waals surface area (Å²) in [7, 11) is 0. The van der Waals surface area contributed by atoms with Crippen LogP contribution >= 0.6 is 22.6 Å². The number of aldehydes is 1. The van der Waals surface area contributed by atoms with Gasteiger partial charge in [-0.2, -0.15) is 0 Å². The Morgan fingerprint density at radius 1 is 0.537 bits per heavy atom. The smallest absolute Gasteiger partial charge is 0.322 e. The lowest BCUT2D eigenvalue weighted by Crippen LogP contribution is -2.69. The number of hydrogen-bond donors (Lipinski definition) is 20. The molecule has 1 aromatic rings. The molecule has 774 valence electrons. The van der Waals surface area contributed by atoms with Crippen molar-refractivity contribution in [3.05, 3.63) is 59.2 Å². The summed E-state index contributed by atoms with van der Waals surface area (Å²) in [6.07, 6.45) is -53.4. The van der Waals surface area contributed by atoms with Gasteiger partial charge >= 0.3 is 11.9 Å². The van der Waals surface area contributed by atoms with Crippen LogP contribution in [-0.2, 0) is 106 Å². The first-order valence-corrected chi connectivity index (χ1v) is 49.5. The van der Waals surface area contributed by atoms with Gasteiger partial charge in [-0.15, -0.1) is 0 Å². The minimum atomic E-state index is -2.27. The van der Waals surface area contributed by atoms with Crippen LogP contribution in [0.2, 0.25) is 0 Å². The average molecular weight is 2060 g/mol. The Morgan fingerprint density at radius 3 is 1.76 bits per heavy atom. The molecule has 136 heavy (non-hydrogen) atoms. The molecule has 46 atom stereocenters. The topological polar surface area (TPSA) is 625 Å². The molecule has 0 bridgehead atoms. The number of halogens is 1. The normalized spacial score (nSPS) is 47.5. The van der Waals surface area contributed by atoms with Gasteiger partial charge in [0.2, 0.25) is 12.0 Å². The van der Waals surface area contributed by atoms with Crippen molar-refractivity contribution in [3.8, 4) is 0 Å². The summed E-state index contributed by atoms with van der Waals surface area (Å²) in [5.41, 5.74) is -4.20. The van der Waals surface area contributed by atoms with Crippen LogP contribution in [0, 0.1) is 44.3 Å². The molecule has 9 aliphatic heterocycles. The number of rotatable bonds is 37. The number of hydrogen-bond acceptors (Lipinski definition) is 41. The van der Waals surface area contributed by atoms with E-state index in [0.717, 1.165) is 68.8 Å². The Balaban J connectivity index is 0.706. The van der Waals surface area contributed by atoms with E-state index in [0.29, 0.717) is 58.2 Å². The van der Waals surface area contributed by atoms with E-state index < -0.39 is 326 Å². The van der Waals surface area contributed by atoms with Gasteiger partial charge in [-0.3, -0.25) is 9.59 Å². The van der Waals surface area contributed by atoms with Gasteiger partial charge in [0.25, 0.3) is 0 Å². The summed E-state index contributed by atoms with van der Waals surface area (Å²) in [5, 5.41) is 227. The van der Waals surface area contributed by atoms with Crippen molar-refractivity contribution in [1.29, 1.82) is 0 Å². The first-order valence-electron chi connectivity index (χ1n) is 48.2. The SMILES string of the molecule is CC1O[C@@H](OC(=O)C2(CCC(C)(C)C)C(I)C3=CCC4C5(C)CC[C@H](O[C@@H]6OC(C(=O)CCCCCCCCCCCCOCc7ccccc7)[C@@H](O)C(OC7OC8OC8C(O)C7O)C6OC6OC(CO)C(O)C(O)C6O)C(C)(C=O)[C@@H]5CCC4(C)[C@]3(C)C[C@@H]2O)C(OC2OC(C)[C@H](O[C@@H]3OC[C@@H](O)C(O)C3O)C(OC3=C(O)C(O[C@@H]4OC[C@@H](O)C(O)C4O)[C@H](O)C(CO)O3)[C@@H]2O)C(O)[C@H]1O. The van der Waals surface area contributed by atoms with Gasteiger partial charge < -0.3 is 192 Å². The Bertz CT molecular complexity index is 4140. The number of allylic oxidation sites excluding steroid dienone is 2. The zero-order valence-electron chi connectivity index (χ0n) is 78.3. The fraction of sp³-hybridized carbons (Fsp3) is 0.862. The first-order chi connectivity index (χ1) is 64.4. The maximum absolute atomic E-state index is 16.3. The Morgan fingerprint density at radius 2 is 1.12 bits per heavy atom. The highest BCUT2D eigenvalue weighted by Crippen LogP contribution is 2.75. The third-order valence-corrected chi connectivity index (χ3v) is 33.5. The number of carbonyl (C=O) groups excluding carboxylic acids is 3. The molecule has 20 N–H and O–H groups in total. The van der Waals surface area contributed by atoms with Crippen LogP contribution in [0.5, 0.6) is 0 Å². The van der Waals surface area contributed by atoms with Crippen LogP contribution in [0.15, 0.2) is 53.7 Å². The zero-order valence-corrected chi connectivity index (χ0v) is 80.4. The van der Waals surface area contributed by atoms with E-state index in [1.807, 2.05) is 51.1 Å². The molecule has 3 saturated carbocycles. The molecule has 0 radical (unpaired) electrons. The third kappa shape index (κ3) is 21.8. The Kier molecular flexibility index (Phi) is 35.5. The highest BCUT2D eigenvalue weighted by atomic mass is 127. The number of epoxide rings is 1. The fourth-order valence-electron chi connectivity index (χ4n) is 23.1. The molecule has 9 heterocycles. The summed E-state index contributed by atoms with van der Waals surface area (Å²) in [4.78, 5) is 45.9. The molecule has 42 heteroatoms. The summed E-state index contributed by atoms with van der Waals surface area (Å²) >= 11 is 2.20. The van der Waals surface area contributed by atoms with Crippen molar-refractivity contribution in [2.75, 3.05) is 33.0 Å². The molecule has 14 rings (SSSR count). The molecule has 1 aromatic carbocycles. The van der Waals surface area contributed by atoms with E-state index in [-0.39, 0.29) is 31.6 Å². The van der Waals surface area contributed by atoms with Crippen molar-refractivity contribution in [3.63, 3.8) is 0 Å². The standard InChI is InChI=1S/C94H145IO41/c1-42-55(103)61(109)75(132-83-69(117)74(70(43(2)123-83)127-79-63(111)56(104)47(100)39-120-79)131-84-68(116)72(59(107)50(37-97)125-84)129-80-64(112)57(105)48(101)40-121-80)85(122-42)136-88(118)94(33-32-89(3,4)5)53(102)35-93(9)45(78(94)95)26-27-52-90(6)30-29-54(91(7,41-98)51(90)28-31-92(52,93)8)126-87-77(134-81-65(113)60(108)58(106)49(36-96)124-81)73(130-82-66(114)62(110)76-86(133-76)135-82)67(115)71(128-87)46(99)25-21-16-14-12-10-11-13-15-17-22-34-119-38-44-23-19-18-20-24-44/h18-20,23-24,26,41-43,47-67,69-83,85-87,96-97,100-117H,10-17,21-22,25,27-40H2,1-9H3/t42?,43?,47-,48-,49?,50?,51-,52?,53+,54+,55+,56?,57?,58?,59-,60?,61?,62?,63?,64?,65?,66?,67-,69+,70+,71?,72?,73?,74?,75?,76?,77?,78?,79+,80+,81?,82?,83?,85+,86?,87-,90?,91?,92?,93-,94?/m1/s1. The van der Waals surface area contributed by atoms with Crippen LogP contribution in [0.1, 0.15) is 190 Å². The molecule has 0 amide bonds. The van der Waals surface area contributed by atoms with Crippen LogP contribution in [0.4, 0.5) is 0 Å². The van der Waals surface area contributed by atoms with Crippen LogP contribution < -0.4 is 0 Å². The highest BCUT2D eigenvalue weighted by molar-refractivity contribution is 14.1. The zero-order chi connectivity index (χ0) is 98.5. The quantitative estimate of drug-likeness (QED) is 0.00593. The molecule has 11 fully saturated rings. The highest BCUT2D eigenvalue weighted by Gasteiger charge is 2.73. The third-order valence-electron chi connectivity index (χ3n) is 31.8. The largest absolute Gasteiger partial charge is 0.504 e. The van der Waals surface area contributed by atoms with E-state index in [1.165, 1.54) is 13.8 Å². The molecule has 0 spiro atoms. The van der Waals surface area contributed by atoms with E-state index in [9.17, 15) is 112 Å². The van der Waals surface area contributed by atoms with Gasteiger partial charge in [0.05, 0.1) is 66.8 Å².